The van der Waals surface area contributed by atoms with Crippen LogP contribution in [-0.4, -0.2) is 11.5 Å². The van der Waals surface area contributed by atoms with Gasteiger partial charge in [0, 0.05) is 24.9 Å². The molecule has 0 saturated carbocycles. The Labute approximate surface area is 104 Å². The average Bonchev–Trinajstić information content (AvgIpc) is 2.50. The van der Waals surface area contributed by atoms with E-state index in [0.29, 0.717) is 17.8 Å². The Balaban J connectivity index is 2.57. The lowest BCUT2D eigenvalue weighted by atomic mass is 9.81. The molecule has 0 saturated heterocycles. The molecule has 1 aliphatic rings. The number of pyridine rings is 1. The van der Waals surface area contributed by atoms with E-state index in [1.54, 1.807) is 0 Å². The van der Waals surface area contributed by atoms with Crippen molar-refractivity contribution in [3.63, 3.8) is 0 Å². The van der Waals surface area contributed by atoms with Crippen molar-refractivity contribution in [2.45, 2.75) is 39.5 Å². The fourth-order valence-electron chi connectivity index (χ4n) is 2.54. The molecular formula is C15H22N2. The van der Waals surface area contributed by atoms with Crippen molar-refractivity contribution < 1.29 is 0 Å². The van der Waals surface area contributed by atoms with Crippen molar-refractivity contribution in [2.24, 2.45) is 5.92 Å². The van der Waals surface area contributed by atoms with E-state index in [1.165, 1.54) is 16.7 Å². The zero-order valence-corrected chi connectivity index (χ0v) is 11.2. The van der Waals surface area contributed by atoms with Gasteiger partial charge in [0.15, 0.2) is 0 Å². The molecule has 0 bridgehead atoms. The number of rotatable bonds is 2. The van der Waals surface area contributed by atoms with E-state index in [1.807, 2.05) is 18.6 Å². The predicted octanol–water partition coefficient (Wildman–Crippen LogP) is 3.52. The van der Waals surface area contributed by atoms with Gasteiger partial charge in [0.05, 0.1) is 0 Å². The van der Waals surface area contributed by atoms with Crippen LogP contribution in [-0.2, 0) is 0 Å². The van der Waals surface area contributed by atoms with E-state index in [-0.39, 0.29) is 0 Å². The van der Waals surface area contributed by atoms with Crippen LogP contribution in [0.15, 0.2) is 18.6 Å². The number of hydrogen-bond acceptors (Lipinski definition) is 2. The minimum Gasteiger partial charge on any atom is -0.390 e. The van der Waals surface area contributed by atoms with Gasteiger partial charge in [0.25, 0.3) is 0 Å². The van der Waals surface area contributed by atoms with E-state index in [4.69, 9.17) is 0 Å². The number of nitrogens with zero attached hydrogens (tertiary/aromatic N) is 1. The highest BCUT2D eigenvalue weighted by atomic mass is 14.8. The molecule has 2 heteroatoms. The molecule has 1 aromatic rings. The molecule has 0 radical (unpaired) electrons. The minimum atomic E-state index is 0.533. The Morgan fingerprint density at radius 1 is 1.24 bits per heavy atom. The van der Waals surface area contributed by atoms with E-state index in [0.717, 1.165) is 6.54 Å². The second-order valence-electron chi connectivity index (χ2n) is 5.48. The van der Waals surface area contributed by atoms with Crippen LogP contribution in [0, 0.1) is 5.92 Å². The monoisotopic (exact) mass is 230 g/mol. The summed E-state index contributed by atoms with van der Waals surface area (Å²) < 4.78 is 0. The van der Waals surface area contributed by atoms with Crippen molar-refractivity contribution >= 4 is 6.08 Å². The molecule has 92 valence electrons. The first-order valence-electron chi connectivity index (χ1n) is 6.49. The molecular weight excluding hydrogens is 208 g/mol. The normalized spacial score (nSPS) is 19.1. The van der Waals surface area contributed by atoms with Gasteiger partial charge >= 0.3 is 0 Å². The molecule has 2 rings (SSSR count). The third kappa shape index (κ3) is 2.36. The third-order valence-electron chi connectivity index (χ3n) is 3.57. The van der Waals surface area contributed by atoms with Crippen molar-refractivity contribution in [1.82, 2.24) is 10.3 Å². The average molecular weight is 230 g/mol. The number of hydrogen-bond donors (Lipinski definition) is 1. The Hall–Kier alpha value is -1.31. The Morgan fingerprint density at radius 2 is 2.00 bits per heavy atom. The first-order chi connectivity index (χ1) is 8.11. The van der Waals surface area contributed by atoms with Gasteiger partial charge in [0.2, 0.25) is 0 Å². The van der Waals surface area contributed by atoms with E-state index in [2.05, 4.69) is 44.1 Å². The lowest BCUT2D eigenvalue weighted by molar-refractivity contribution is 0.482. The summed E-state index contributed by atoms with van der Waals surface area (Å²) in [7, 11) is 0. The SMILES string of the molecule is CC(C)c1cncc2c1C(C(C)C)CNC=C2. The van der Waals surface area contributed by atoms with Gasteiger partial charge in [-0.25, -0.2) is 0 Å². The van der Waals surface area contributed by atoms with E-state index >= 15 is 0 Å². The third-order valence-corrected chi connectivity index (χ3v) is 3.57. The Bertz CT molecular complexity index is 419. The van der Waals surface area contributed by atoms with Gasteiger partial charge in [-0.05, 0) is 40.8 Å². The van der Waals surface area contributed by atoms with Crippen molar-refractivity contribution in [3.8, 4) is 0 Å². The number of aromatic nitrogens is 1. The first-order valence-corrected chi connectivity index (χ1v) is 6.49. The zero-order valence-electron chi connectivity index (χ0n) is 11.2. The van der Waals surface area contributed by atoms with E-state index in [9.17, 15) is 0 Å². The molecule has 2 nitrogen and oxygen atoms in total. The largest absolute Gasteiger partial charge is 0.390 e. The van der Waals surface area contributed by atoms with Crippen LogP contribution < -0.4 is 5.32 Å². The fourth-order valence-corrected chi connectivity index (χ4v) is 2.54. The van der Waals surface area contributed by atoms with Crippen molar-refractivity contribution in [3.05, 3.63) is 35.3 Å². The molecule has 2 heterocycles. The zero-order chi connectivity index (χ0) is 12.4. The summed E-state index contributed by atoms with van der Waals surface area (Å²) in [6, 6.07) is 0. The fraction of sp³-hybridized carbons (Fsp3) is 0.533. The topological polar surface area (TPSA) is 24.9 Å². The van der Waals surface area contributed by atoms with Crippen molar-refractivity contribution in [2.75, 3.05) is 6.54 Å². The summed E-state index contributed by atoms with van der Waals surface area (Å²) >= 11 is 0. The van der Waals surface area contributed by atoms with Crippen LogP contribution >= 0.6 is 0 Å². The first kappa shape index (κ1) is 12.2. The molecule has 1 unspecified atom stereocenters. The van der Waals surface area contributed by atoms with Gasteiger partial charge in [-0.1, -0.05) is 27.7 Å². The second-order valence-corrected chi connectivity index (χ2v) is 5.48. The second kappa shape index (κ2) is 4.91. The van der Waals surface area contributed by atoms with Gasteiger partial charge < -0.3 is 5.32 Å². The van der Waals surface area contributed by atoms with Gasteiger partial charge in [0.1, 0.15) is 0 Å². The highest BCUT2D eigenvalue weighted by Crippen LogP contribution is 2.34. The highest BCUT2D eigenvalue weighted by Gasteiger charge is 2.23. The summed E-state index contributed by atoms with van der Waals surface area (Å²) in [5, 5.41) is 3.38. The maximum Gasteiger partial charge on any atom is 0.0343 e. The smallest absolute Gasteiger partial charge is 0.0343 e. The molecule has 1 N–H and O–H groups in total. The summed E-state index contributed by atoms with van der Waals surface area (Å²) in [5.41, 5.74) is 4.17. The Kier molecular flexibility index (Phi) is 3.51. The van der Waals surface area contributed by atoms with Crippen LogP contribution in [0.25, 0.3) is 6.08 Å². The van der Waals surface area contributed by atoms with Gasteiger partial charge in [-0.15, -0.1) is 0 Å². The number of fused-ring (bicyclic) bond motifs is 1. The molecule has 1 aliphatic heterocycles. The lowest BCUT2D eigenvalue weighted by Crippen LogP contribution is -2.21. The van der Waals surface area contributed by atoms with Crippen LogP contribution in [0.4, 0.5) is 0 Å². The Morgan fingerprint density at radius 3 is 2.65 bits per heavy atom. The maximum absolute atomic E-state index is 4.38. The molecule has 0 fully saturated rings. The number of nitrogens with one attached hydrogen (secondary N) is 1. The maximum atomic E-state index is 4.38. The summed E-state index contributed by atoms with van der Waals surface area (Å²) in [6.07, 6.45) is 8.22. The lowest BCUT2D eigenvalue weighted by Gasteiger charge is -2.25. The van der Waals surface area contributed by atoms with E-state index < -0.39 is 0 Å². The molecule has 0 aliphatic carbocycles. The molecule has 0 amide bonds. The van der Waals surface area contributed by atoms with Gasteiger partial charge in [-0.3, -0.25) is 4.98 Å². The summed E-state index contributed by atoms with van der Waals surface area (Å²) in [5.74, 6) is 1.74. The highest BCUT2D eigenvalue weighted by molar-refractivity contribution is 5.57. The standard InChI is InChI=1S/C15H22N2/c1-10(2)13-8-16-6-5-12-7-17-9-14(11(3)4)15(12)13/h5-7,9-11,13,16H,8H2,1-4H3. The summed E-state index contributed by atoms with van der Waals surface area (Å²) in [4.78, 5) is 4.38. The van der Waals surface area contributed by atoms with Crippen LogP contribution in [0.5, 0.6) is 0 Å². The predicted molar refractivity (Wildman–Crippen MR) is 72.9 cm³/mol. The quantitative estimate of drug-likeness (QED) is 0.841. The summed E-state index contributed by atoms with van der Waals surface area (Å²) in [6.45, 7) is 10.1. The molecule has 0 aromatic carbocycles. The minimum absolute atomic E-state index is 0.533. The van der Waals surface area contributed by atoms with Crippen LogP contribution in [0.1, 0.15) is 56.2 Å². The molecule has 0 spiro atoms. The van der Waals surface area contributed by atoms with Gasteiger partial charge in [-0.2, -0.15) is 0 Å². The van der Waals surface area contributed by atoms with Crippen LogP contribution in [0.2, 0.25) is 0 Å². The molecule has 17 heavy (non-hydrogen) atoms. The molecule has 1 atom stereocenters. The van der Waals surface area contributed by atoms with Crippen molar-refractivity contribution in [1.29, 1.82) is 0 Å². The van der Waals surface area contributed by atoms with Crippen LogP contribution in [0.3, 0.4) is 0 Å². The molecule has 1 aromatic heterocycles.